The van der Waals surface area contributed by atoms with Crippen LogP contribution in [-0.2, 0) is 16.0 Å². The Morgan fingerprint density at radius 1 is 0.900 bits per heavy atom. The van der Waals surface area contributed by atoms with Crippen molar-refractivity contribution < 1.29 is 24.2 Å². The molecule has 1 amide bonds. The van der Waals surface area contributed by atoms with Gasteiger partial charge in [-0.15, -0.1) is 0 Å². The van der Waals surface area contributed by atoms with Crippen LogP contribution < -0.4 is 10.1 Å². The van der Waals surface area contributed by atoms with Crippen molar-refractivity contribution in [2.24, 2.45) is 0 Å². The molecule has 0 bridgehead atoms. The first-order valence-electron chi connectivity index (χ1n) is 9.67. The molecule has 3 aromatic rings. The van der Waals surface area contributed by atoms with Crippen molar-refractivity contribution >= 4 is 12.1 Å². The third kappa shape index (κ3) is 4.27. The Kier molecular flexibility index (Phi) is 5.66. The number of fused-ring (bicyclic) bond motifs is 2. The molecule has 30 heavy (non-hydrogen) atoms. The Morgan fingerprint density at radius 3 is 2.07 bits per heavy atom. The fourth-order valence-electron chi connectivity index (χ4n) is 3.58. The summed E-state index contributed by atoms with van der Waals surface area (Å²) in [5.41, 5.74) is 2.66. The molecule has 2 N–H and O–H groups in total. The van der Waals surface area contributed by atoms with E-state index in [1.165, 1.54) is 0 Å². The number of aliphatic carboxylic acids is 1. The lowest BCUT2D eigenvalue weighted by Gasteiger charge is -2.28. The highest BCUT2D eigenvalue weighted by Crippen LogP contribution is 2.43. The second-order valence-electron chi connectivity index (χ2n) is 7.05. The largest absolute Gasteiger partial charge is 0.480 e. The molecule has 0 fully saturated rings. The van der Waals surface area contributed by atoms with Gasteiger partial charge >= 0.3 is 12.1 Å². The molecule has 0 saturated carbocycles. The van der Waals surface area contributed by atoms with E-state index in [2.05, 4.69) is 5.32 Å². The maximum atomic E-state index is 12.4. The fourth-order valence-corrected chi connectivity index (χ4v) is 3.58. The molecule has 0 radical (unpaired) electrons. The number of nitrogens with one attached hydrogen (secondary N) is 1. The number of para-hydroxylation sites is 2. The molecule has 1 aliphatic heterocycles. The average molecular weight is 403 g/mol. The van der Waals surface area contributed by atoms with Crippen molar-refractivity contribution in [1.29, 1.82) is 0 Å². The first-order valence-corrected chi connectivity index (χ1v) is 9.67. The number of benzene rings is 3. The predicted octanol–water partition coefficient (Wildman–Crippen LogP) is 4.35. The zero-order chi connectivity index (χ0) is 20.9. The van der Waals surface area contributed by atoms with Gasteiger partial charge in [-0.05, 0) is 17.7 Å². The maximum absolute atomic E-state index is 12.4. The second kappa shape index (κ2) is 8.69. The summed E-state index contributed by atoms with van der Waals surface area (Å²) < 4.78 is 11.4. The number of hydrogen-bond acceptors (Lipinski definition) is 4. The second-order valence-corrected chi connectivity index (χ2v) is 7.05. The monoisotopic (exact) mass is 403 g/mol. The van der Waals surface area contributed by atoms with Crippen LogP contribution in [0.4, 0.5) is 4.79 Å². The van der Waals surface area contributed by atoms with Crippen LogP contribution in [0.5, 0.6) is 11.5 Å². The Labute approximate surface area is 174 Å². The Hall–Kier alpha value is -3.80. The van der Waals surface area contributed by atoms with E-state index in [1.54, 1.807) is 0 Å². The minimum Gasteiger partial charge on any atom is -0.480 e. The van der Waals surface area contributed by atoms with E-state index in [0.29, 0.717) is 0 Å². The Morgan fingerprint density at radius 2 is 1.47 bits per heavy atom. The minimum absolute atomic E-state index is 0.0703. The van der Waals surface area contributed by atoms with E-state index in [4.69, 9.17) is 9.47 Å². The quantitative estimate of drug-likeness (QED) is 0.639. The highest BCUT2D eigenvalue weighted by molar-refractivity contribution is 5.80. The number of carbonyl (C=O) groups is 2. The molecular weight excluding hydrogens is 382 g/mol. The predicted molar refractivity (Wildman–Crippen MR) is 111 cm³/mol. The van der Waals surface area contributed by atoms with E-state index in [0.717, 1.165) is 28.2 Å². The van der Waals surface area contributed by atoms with Gasteiger partial charge in [-0.1, -0.05) is 66.7 Å². The maximum Gasteiger partial charge on any atom is 0.407 e. The normalized spacial score (nSPS) is 13.3. The first kappa shape index (κ1) is 19.5. The molecule has 152 valence electrons. The molecule has 0 aromatic heterocycles. The van der Waals surface area contributed by atoms with Gasteiger partial charge in [0.25, 0.3) is 0 Å². The molecule has 0 unspecified atom stereocenters. The lowest BCUT2D eigenvalue weighted by atomic mass is 9.89. The van der Waals surface area contributed by atoms with Crippen molar-refractivity contribution in [2.75, 3.05) is 6.61 Å². The summed E-state index contributed by atoms with van der Waals surface area (Å²) >= 11 is 0. The van der Waals surface area contributed by atoms with Crippen LogP contribution in [0.1, 0.15) is 22.6 Å². The highest BCUT2D eigenvalue weighted by atomic mass is 16.5. The molecular formula is C24H21NO5. The molecule has 6 nitrogen and oxygen atoms in total. The summed E-state index contributed by atoms with van der Waals surface area (Å²) in [6.45, 7) is 0.0703. The van der Waals surface area contributed by atoms with Crippen LogP contribution in [0, 0.1) is 0 Å². The number of hydrogen-bond donors (Lipinski definition) is 2. The molecule has 1 aliphatic rings. The smallest absolute Gasteiger partial charge is 0.407 e. The van der Waals surface area contributed by atoms with Crippen LogP contribution in [0.3, 0.4) is 0 Å². The topological polar surface area (TPSA) is 84.9 Å². The van der Waals surface area contributed by atoms with E-state index in [-0.39, 0.29) is 18.9 Å². The first-order chi connectivity index (χ1) is 14.6. The minimum atomic E-state index is -1.11. The SMILES string of the molecule is O=C(N[C@@H](Cc1ccccc1)C(=O)O)OCC1c2ccccc2Oc2ccccc21. The third-order valence-corrected chi connectivity index (χ3v) is 5.06. The van der Waals surface area contributed by atoms with E-state index < -0.39 is 18.1 Å². The van der Waals surface area contributed by atoms with Gasteiger partial charge in [0.15, 0.2) is 0 Å². The van der Waals surface area contributed by atoms with Crippen molar-refractivity contribution in [3.63, 3.8) is 0 Å². The zero-order valence-electron chi connectivity index (χ0n) is 16.2. The lowest BCUT2D eigenvalue weighted by molar-refractivity contribution is -0.139. The summed E-state index contributed by atoms with van der Waals surface area (Å²) in [6, 6.07) is 23.3. The van der Waals surface area contributed by atoms with Gasteiger partial charge in [0, 0.05) is 17.5 Å². The molecule has 0 spiro atoms. The van der Waals surface area contributed by atoms with Crippen molar-refractivity contribution in [1.82, 2.24) is 5.32 Å². The summed E-state index contributed by atoms with van der Waals surface area (Å²) in [7, 11) is 0. The van der Waals surface area contributed by atoms with Gasteiger partial charge in [0.1, 0.15) is 24.1 Å². The van der Waals surface area contributed by atoms with Gasteiger partial charge in [0.2, 0.25) is 0 Å². The molecule has 1 atom stereocenters. The molecule has 6 heteroatoms. The van der Waals surface area contributed by atoms with Crippen LogP contribution in [0.15, 0.2) is 78.9 Å². The van der Waals surface area contributed by atoms with Crippen LogP contribution >= 0.6 is 0 Å². The Balaban J connectivity index is 1.45. The lowest BCUT2D eigenvalue weighted by Crippen LogP contribution is -2.43. The number of ether oxygens (including phenoxy) is 2. The molecule has 4 rings (SSSR count). The van der Waals surface area contributed by atoms with E-state index >= 15 is 0 Å². The summed E-state index contributed by atoms with van der Waals surface area (Å²) in [5.74, 6) is 0.127. The fraction of sp³-hybridized carbons (Fsp3) is 0.167. The molecule has 0 saturated heterocycles. The van der Waals surface area contributed by atoms with Gasteiger partial charge in [-0.25, -0.2) is 9.59 Å². The van der Waals surface area contributed by atoms with Crippen molar-refractivity contribution in [2.45, 2.75) is 18.4 Å². The highest BCUT2D eigenvalue weighted by Gasteiger charge is 2.28. The van der Waals surface area contributed by atoms with Crippen LogP contribution in [0.2, 0.25) is 0 Å². The number of amides is 1. The van der Waals surface area contributed by atoms with Crippen molar-refractivity contribution in [3.05, 3.63) is 95.6 Å². The van der Waals surface area contributed by atoms with Gasteiger partial charge in [-0.3, -0.25) is 0 Å². The summed E-state index contributed by atoms with van der Waals surface area (Å²) in [5, 5.41) is 11.9. The van der Waals surface area contributed by atoms with E-state index in [1.807, 2.05) is 78.9 Å². The third-order valence-electron chi connectivity index (χ3n) is 5.06. The number of carboxylic acids is 1. The Bertz CT molecular complexity index is 1000. The average Bonchev–Trinajstić information content (AvgIpc) is 2.77. The standard InChI is InChI=1S/C24H21NO5/c26-23(27)20(14-16-8-2-1-3-9-16)25-24(28)29-15-19-17-10-4-6-12-21(17)30-22-13-7-5-11-18(19)22/h1-13,19-20H,14-15H2,(H,25,28)(H,26,27)/t20-/m0/s1. The van der Waals surface area contributed by atoms with Crippen LogP contribution in [0.25, 0.3) is 0 Å². The van der Waals surface area contributed by atoms with E-state index in [9.17, 15) is 14.7 Å². The molecule has 3 aromatic carbocycles. The van der Waals surface area contributed by atoms with Crippen LogP contribution in [-0.4, -0.2) is 29.8 Å². The number of carbonyl (C=O) groups excluding carboxylic acids is 1. The van der Waals surface area contributed by atoms with Gasteiger partial charge < -0.3 is 19.9 Å². The number of carboxylic acid groups (broad SMARTS) is 1. The van der Waals surface area contributed by atoms with Crippen molar-refractivity contribution in [3.8, 4) is 11.5 Å². The zero-order valence-corrected chi connectivity index (χ0v) is 16.2. The van der Waals surface area contributed by atoms with Gasteiger partial charge in [0.05, 0.1) is 5.92 Å². The van der Waals surface area contributed by atoms with Gasteiger partial charge in [-0.2, -0.15) is 0 Å². The molecule has 0 aliphatic carbocycles. The molecule has 1 heterocycles. The number of alkyl carbamates (subject to hydrolysis) is 1. The number of rotatable bonds is 6. The summed E-state index contributed by atoms with van der Waals surface area (Å²) in [4.78, 5) is 24.0. The summed E-state index contributed by atoms with van der Waals surface area (Å²) in [6.07, 6.45) is -0.589.